The second kappa shape index (κ2) is 6.24. The maximum Gasteiger partial charge on any atom is 0.243 e. The maximum atomic E-state index is 12.7. The van der Waals surface area contributed by atoms with Crippen molar-refractivity contribution in [1.82, 2.24) is 9.62 Å². The van der Waals surface area contributed by atoms with Crippen molar-refractivity contribution in [2.45, 2.75) is 43.5 Å². The number of hydrogen-bond acceptors (Lipinski definition) is 3. The van der Waals surface area contributed by atoms with E-state index < -0.39 is 10.0 Å². The normalized spacial score (nSPS) is 18.6. The Kier molecular flexibility index (Phi) is 4.83. The lowest BCUT2D eigenvalue weighted by molar-refractivity contribution is 0.298. The summed E-state index contributed by atoms with van der Waals surface area (Å²) in [5.41, 5.74) is 1.07. The zero-order valence-electron chi connectivity index (χ0n) is 12.5. The van der Waals surface area contributed by atoms with Gasteiger partial charge in [-0.15, -0.1) is 0 Å². The van der Waals surface area contributed by atoms with Crippen LogP contribution in [0.5, 0.6) is 0 Å². The van der Waals surface area contributed by atoms with Crippen molar-refractivity contribution < 1.29 is 8.42 Å². The van der Waals surface area contributed by atoms with Crippen molar-refractivity contribution in [3.63, 3.8) is 0 Å². The minimum atomic E-state index is -3.34. The Hall–Kier alpha value is -0.910. The Labute approximate surface area is 122 Å². The van der Waals surface area contributed by atoms with E-state index in [1.165, 1.54) is 0 Å². The van der Waals surface area contributed by atoms with Gasteiger partial charge in [-0.3, -0.25) is 0 Å². The van der Waals surface area contributed by atoms with Gasteiger partial charge in [0.15, 0.2) is 0 Å². The van der Waals surface area contributed by atoms with E-state index in [0.29, 0.717) is 29.9 Å². The molecule has 1 saturated heterocycles. The molecule has 4 nitrogen and oxygen atoms in total. The third-order valence-corrected chi connectivity index (χ3v) is 5.92. The molecule has 1 N–H and O–H groups in total. The van der Waals surface area contributed by atoms with Crippen LogP contribution in [0.3, 0.4) is 0 Å². The topological polar surface area (TPSA) is 49.4 Å². The molecule has 0 aliphatic carbocycles. The molecule has 1 heterocycles. The highest BCUT2D eigenvalue weighted by molar-refractivity contribution is 7.89. The molecular weight excluding hydrogens is 272 g/mol. The summed E-state index contributed by atoms with van der Waals surface area (Å²) in [6.45, 7) is 5.34. The van der Waals surface area contributed by atoms with Gasteiger partial charge in [0, 0.05) is 19.1 Å². The first-order valence-corrected chi connectivity index (χ1v) is 8.66. The van der Waals surface area contributed by atoms with Gasteiger partial charge in [-0.1, -0.05) is 26.0 Å². The second-order valence-corrected chi connectivity index (χ2v) is 7.63. The summed E-state index contributed by atoms with van der Waals surface area (Å²) in [7, 11) is -1.41. The van der Waals surface area contributed by atoms with Crippen LogP contribution >= 0.6 is 0 Å². The minimum absolute atomic E-state index is 0.333. The van der Waals surface area contributed by atoms with Crippen molar-refractivity contribution in [3.05, 3.63) is 29.8 Å². The summed E-state index contributed by atoms with van der Waals surface area (Å²) >= 11 is 0. The highest BCUT2D eigenvalue weighted by Crippen LogP contribution is 2.23. The van der Waals surface area contributed by atoms with Crippen LogP contribution in [0, 0.1) is 0 Å². The SMILES string of the molecule is CNC1CCN(S(=O)(=O)c2cccc(C(C)C)c2)CC1. The summed E-state index contributed by atoms with van der Waals surface area (Å²) in [5.74, 6) is 0.333. The Morgan fingerprint density at radius 2 is 1.90 bits per heavy atom. The third-order valence-electron chi connectivity index (χ3n) is 4.02. The van der Waals surface area contributed by atoms with Crippen molar-refractivity contribution in [2.24, 2.45) is 0 Å². The molecule has 0 amide bonds. The molecule has 0 aromatic heterocycles. The molecule has 0 bridgehead atoms. The van der Waals surface area contributed by atoms with Crippen LogP contribution in [0.2, 0.25) is 0 Å². The van der Waals surface area contributed by atoms with Crippen LogP contribution in [-0.4, -0.2) is 38.9 Å². The molecule has 0 unspecified atom stereocenters. The van der Waals surface area contributed by atoms with Crippen molar-refractivity contribution in [1.29, 1.82) is 0 Å². The van der Waals surface area contributed by atoms with Crippen LogP contribution in [0.4, 0.5) is 0 Å². The van der Waals surface area contributed by atoms with E-state index in [2.05, 4.69) is 19.2 Å². The summed E-state index contributed by atoms with van der Waals surface area (Å²) < 4.78 is 26.9. The lowest BCUT2D eigenvalue weighted by atomic mass is 10.0. The second-order valence-electron chi connectivity index (χ2n) is 5.69. The number of rotatable bonds is 4. The van der Waals surface area contributed by atoms with E-state index in [1.807, 2.05) is 25.2 Å². The zero-order chi connectivity index (χ0) is 14.8. The largest absolute Gasteiger partial charge is 0.317 e. The first kappa shape index (κ1) is 15.5. The number of sulfonamides is 1. The molecule has 0 saturated carbocycles. The zero-order valence-corrected chi connectivity index (χ0v) is 13.3. The van der Waals surface area contributed by atoms with Gasteiger partial charge in [-0.05, 0) is 43.5 Å². The fraction of sp³-hybridized carbons (Fsp3) is 0.600. The van der Waals surface area contributed by atoms with Crippen molar-refractivity contribution >= 4 is 10.0 Å². The van der Waals surface area contributed by atoms with Crippen LogP contribution in [0.25, 0.3) is 0 Å². The fourth-order valence-electron chi connectivity index (χ4n) is 2.57. The third kappa shape index (κ3) is 3.22. The van der Waals surface area contributed by atoms with Crippen LogP contribution in [0.1, 0.15) is 38.2 Å². The molecule has 20 heavy (non-hydrogen) atoms. The van der Waals surface area contributed by atoms with E-state index in [9.17, 15) is 8.42 Å². The maximum absolute atomic E-state index is 12.7. The Morgan fingerprint density at radius 3 is 2.45 bits per heavy atom. The smallest absolute Gasteiger partial charge is 0.243 e. The summed E-state index contributed by atoms with van der Waals surface area (Å²) in [5, 5.41) is 3.22. The molecule has 0 atom stereocenters. The predicted octanol–water partition coefficient (Wildman–Crippen LogP) is 2.18. The number of nitrogens with zero attached hydrogens (tertiary/aromatic N) is 1. The molecule has 1 aliphatic rings. The molecule has 1 aromatic rings. The van der Waals surface area contributed by atoms with Crippen molar-refractivity contribution in [3.8, 4) is 0 Å². The average Bonchev–Trinajstić information content (AvgIpc) is 2.47. The molecule has 2 rings (SSSR count). The van der Waals surface area contributed by atoms with Gasteiger partial charge >= 0.3 is 0 Å². The Morgan fingerprint density at radius 1 is 1.25 bits per heavy atom. The van der Waals surface area contributed by atoms with Crippen LogP contribution in [-0.2, 0) is 10.0 Å². The fourth-order valence-corrected chi connectivity index (χ4v) is 4.09. The first-order chi connectivity index (χ1) is 9.45. The van der Waals surface area contributed by atoms with E-state index >= 15 is 0 Å². The first-order valence-electron chi connectivity index (χ1n) is 7.22. The van der Waals surface area contributed by atoms with E-state index in [0.717, 1.165) is 18.4 Å². The van der Waals surface area contributed by atoms with E-state index in [1.54, 1.807) is 10.4 Å². The van der Waals surface area contributed by atoms with Gasteiger partial charge in [-0.2, -0.15) is 4.31 Å². The summed E-state index contributed by atoms with van der Waals surface area (Å²) in [6.07, 6.45) is 1.75. The summed E-state index contributed by atoms with van der Waals surface area (Å²) in [4.78, 5) is 0.423. The molecular formula is C15H24N2O2S. The molecule has 112 valence electrons. The molecule has 1 fully saturated rings. The highest BCUT2D eigenvalue weighted by atomic mass is 32.2. The lowest BCUT2D eigenvalue weighted by Gasteiger charge is -2.31. The highest BCUT2D eigenvalue weighted by Gasteiger charge is 2.28. The van der Waals surface area contributed by atoms with Gasteiger partial charge in [0.25, 0.3) is 0 Å². The van der Waals surface area contributed by atoms with Gasteiger partial charge in [0.1, 0.15) is 0 Å². The Balaban J connectivity index is 2.20. The van der Waals surface area contributed by atoms with Gasteiger partial charge in [0.2, 0.25) is 10.0 Å². The predicted molar refractivity (Wildman–Crippen MR) is 81.4 cm³/mol. The lowest BCUT2D eigenvalue weighted by Crippen LogP contribution is -2.43. The molecule has 0 radical (unpaired) electrons. The van der Waals surface area contributed by atoms with E-state index in [4.69, 9.17) is 0 Å². The number of hydrogen-bond donors (Lipinski definition) is 1. The van der Waals surface area contributed by atoms with Gasteiger partial charge in [0.05, 0.1) is 4.90 Å². The van der Waals surface area contributed by atoms with Crippen molar-refractivity contribution in [2.75, 3.05) is 20.1 Å². The molecule has 1 aromatic carbocycles. The van der Waals surface area contributed by atoms with E-state index in [-0.39, 0.29) is 0 Å². The Bertz CT molecular complexity index is 547. The molecule has 0 spiro atoms. The number of benzene rings is 1. The quantitative estimate of drug-likeness (QED) is 0.926. The average molecular weight is 296 g/mol. The van der Waals surface area contributed by atoms with Gasteiger partial charge < -0.3 is 5.32 Å². The van der Waals surface area contributed by atoms with Gasteiger partial charge in [-0.25, -0.2) is 8.42 Å². The minimum Gasteiger partial charge on any atom is -0.317 e. The van der Waals surface area contributed by atoms with Crippen LogP contribution in [0.15, 0.2) is 29.2 Å². The number of piperidine rings is 1. The standard InChI is InChI=1S/C15H24N2O2S/c1-12(2)13-5-4-6-15(11-13)20(18,19)17-9-7-14(16-3)8-10-17/h4-6,11-12,14,16H,7-10H2,1-3H3. The molecule has 5 heteroatoms. The summed E-state index contributed by atoms with van der Waals surface area (Å²) in [6, 6.07) is 7.76. The number of nitrogens with one attached hydrogen (secondary N) is 1. The van der Waals surface area contributed by atoms with Crippen LogP contribution < -0.4 is 5.32 Å². The molecule has 1 aliphatic heterocycles. The monoisotopic (exact) mass is 296 g/mol.